The molecule has 0 bridgehead atoms. The second-order valence-corrected chi connectivity index (χ2v) is 4.94. The fourth-order valence-electron chi connectivity index (χ4n) is 2.07. The number of rotatable bonds is 5. The SMILES string of the molecule is [2H]c1c([2H])c([2H])c(Oc2cccc(Oc3c([2H])c([2H])c([2H])c([2H])c3[2H])c2C(C)C)c([2H])c1[2H]. The van der Waals surface area contributed by atoms with E-state index < -0.39 is 60.4 Å². The Bertz CT molecular complexity index is 1110. The monoisotopic (exact) mass is 314 g/mol. The Labute approximate surface area is 151 Å². The lowest BCUT2D eigenvalue weighted by Crippen LogP contribution is -1.98. The maximum atomic E-state index is 8.08. The molecule has 0 radical (unpaired) electrons. The number of hydrogen-bond acceptors (Lipinski definition) is 2. The molecular weight excluding hydrogens is 284 g/mol. The zero-order valence-electron chi connectivity index (χ0n) is 22.6. The van der Waals surface area contributed by atoms with Gasteiger partial charge in [-0.2, -0.15) is 0 Å². The first-order valence-electron chi connectivity index (χ1n) is 12.0. The summed E-state index contributed by atoms with van der Waals surface area (Å²) < 4.78 is 90.6. The largest absolute Gasteiger partial charge is 0.457 e. The van der Waals surface area contributed by atoms with Crippen molar-refractivity contribution in [3.05, 3.63) is 84.2 Å². The molecule has 0 heterocycles. The van der Waals surface area contributed by atoms with E-state index in [0.717, 1.165) is 0 Å². The Kier molecular flexibility index (Phi) is 2.20. The van der Waals surface area contributed by atoms with Crippen molar-refractivity contribution in [3.63, 3.8) is 0 Å². The molecule has 0 saturated carbocycles. The summed E-state index contributed by atoms with van der Waals surface area (Å²) >= 11 is 0. The van der Waals surface area contributed by atoms with Crippen LogP contribution in [0, 0.1) is 0 Å². The average Bonchev–Trinajstić information content (AvgIpc) is 2.79. The molecule has 0 saturated heterocycles. The molecule has 116 valence electrons. The normalized spacial score (nSPS) is 16.7. The smallest absolute Gasteiger partial charge is 0.134 e. The van der Waals surface area contributed by atoms with Crippen LogP contribution in [0.25, 0.3) is 0 Å². The van der Waals surface area contributed by atoms with Gasteiger partial charge in [0.05, 0.1) is 13.7 Å². The van der Waals surface area contributed by atoms with Gasteiger partial charge in [0.2, 0.25) is 0 Å². The molecule has 3 rings (SSSR count). The van der Waals surface area contributed by atoms with E-state index >= 15 is 0 Å². The van der Waals surface area contributed by atoms with Crippen molar-refractivity contribution in [1.29, 1.82) is 0 Å². The quantitative estimate of drug-likeness (QED) is 0.543. The molecule has 0 aromatic heterocycles. The van der Waals surface area contributed by atoms with Gasteiger partial charge in [0.1, 0.15) is 23.0 Å². The third-order valence-electron chi connectivity index (χ3n) is 2.98. The molecule has 0 fully saturated rings. The summed E-state index contributed by atoms with van der Waals surface area (Å²) in [6.45, 7) is 3.61. The summed E-state index contributed by atoms with van der Waals surface area (Å²) in [5.41, 5.74) is 0.427. The highest BCUT2D eigenvalue weighted by Crippen LogP contribution is 2.39. The summed E-state index contributed by atoms with van der Waals surface area (Å²) in [4.78, 5) is 0. The van der Waals surface area contributed by atoms with E-state index in [2.05, 4.69) is 0 Å². The zero-order valence-corrected chi connectivity index (χ0v) is 12.6. The van der Waals surface area contributed by atoms with Gasteiger partial charge < -0.3 is 9.47 Å². The molecule has 0 aliphatic heterocycles. The minimum Gasteiger partial charge on any atom is -0.457 e. The predicted octanol–water partition coefficient (Wildman–Crippen LogP) is 6.39. The second-order valence-electron chi connectivity index (χ2n) is 4.94. The number of ether oxygens (including phenoxy) is 2. The van der Waals surface area contributed by atoms with Gasteiger partial charge in [0.25, 0.3) is 0 Å². The van der Waals surface area contributed by atoms with Crippen molar-refractivity contribution in [3.8, 4) is 23.0 Å². The van der Waals surface area contributed by atoms with Gasteiger partial charge in [-0.25, -0.2) is 0 Å². The van der Waals surface area contributed by atoms with Gasteiger partial charge in [0, 0.05) is 5.56 Å². The molecule has 2 nitrogen and oxygen atoms in total. The number of hydrogen-bond donors (Lipinski definition) is 0. The lowest BCUT2D eigenvalue weighted by Gasteiger charge is -2.18. The summed E-state index contributed by atoms with van der Waals surface area (Å²) in [6, 6.07) is -0.670. The molecule has 0 aliphatic rings. The van der Waals surface area contributed by atoms with Crippen molar-refractivity contribution in [1.82, 2.24) is 0 Å². The Balaban J connectivity index is 2.16. The van der Waals surface area contributed by atoms with Crippen molar-refractivity contribution >= 4 is 0 Å². The van der Waals surface area contributed by atoms with E-state index in [-0.39, 0.29) is 28.9 Å². The maximum absolute atomic E-state index is 8.08. The number of para-hydroxylation sites is 2. The van der Waals surface area contributed by atoms with Gasteiger partial charge in [-0.3, -0.25) is 0 Å². The van der Waals surface area contributed by atoms with Gasteiger partial charge in [0.15, 0.2) is 0 Å². The van der Waals surface area contributed by atoms with Crippen LogP contribution in [0.3, 0.4) is 0 Å². The molecule has 0 N–H and O–H groups in total. The summed E-state index contributed by atoms with van der Waals surface area (Å²) in [6.07, 6.45) is 0. The summed E-state index contributed by atoms with van der Waals surface area (Å²) in [7, 11) is 0. The van der Waals surface area contributed by atoms with Crippen LogP contribution in [0.2, 0.25) is 0 Å². The van der Waals surface area contributed by atoms with Crippen LogP contribution < -0.4 is 9.47 Å². The van der Waals surface area contributed by atoms with Crippen LogP contribution in [0.4, 0.5) is 0 Å². The number of benzene rings is 3. The van der Waals surface area contributed by atoms with Crippen LogP contribution in [-0.4, -0.2) is 0 Å². The molecule has 0 atom stereocenters. The van der Waals surface area contributed by atoms with Crippen molar-refractivity contribution in [2.75, 3.05) is 0 Å². The Hall–Kier alpha value is -2.74. The molecule has 0 aliphatic carbocycles. The van der Waals surface area contributed by atoms with E-state index in [0.29, 0.717) is 5.56 Å². The lowest BCUT2D eigenvalue weighted by atomic mass is 10.0. The Morgan fingerprint density at radius 2 is 1.17 bits per heavy atom. The highest BCUT2D eigenvalue weighted by atomic mass is 16.5. The molecule has 0 amide bonds. The minimum absolute atomic E-state index is 0.147. The van der Waals surface area contributed by atoms with Gasteiger partial charge in [-0.05, 0) is 42.2 Å². The van der Waals surface area contributed by atoms with Crippen molar-refractivity contribution in [2.24, 2.45) is 0 Å². The summed E-state index contributed by atoms with van der Waals surface area (Å²) in [5.74, 6) is -0.682. The topological polar surface area (TPSA) is 18.5 Å². The first-order chi connectivity index (χ1) is 15.4. The molecule has 0 spiro atoms. The third kappa shape index (κ3) is 3.72. The van der Waals surface area contributed by atoms with Gasteiger partial charge in [-0.15, -0.1) is 0 Å². The standard InChI is InChI=1S/C21H20O2/c1-16(2)21-19(22-17-10-5-3-6-11-17)14-9-15-20(21)23-18-12-7-4-8-13-18/h3-16H,1-2H3/i3D,4D,5D,6D,7D,8D,10D,11D,12D,13D. The van der Waals surface area contributed by atoms with Gasteiger partial charge >= 0.3 is 0 Å². The van der Waals surface area contributed by atoms with E-state index in [1.807, 2.05) is 0 Å². The molecule has 3 aromatic carbocycles. The molecule has 3 aromatic rings. The molecular formula is C21H20O2. The van der Waals surface area contributed by atoms with E-state index in [9.17, 15) is 0 Å². The van der Waals surface area contributed by atoms with E-state index in [4.69, 9.17) is 23.2 Å². The first kappa shape index (κ1) is 7.22. The fraction of sp³-hybridized carbons (Fsp3) is 0.143. The summed E-state index contributed by atoms with van der Waals surface area (Å²) in [5, 5.41) is 0. The molecule has 0 unspecified atom stereocenters. The van der Waals surface area contributed by atoms with E-state index in [1.165, 1.54) is 18.2 Å². The van der Waals surface area contributed by atoms with Crippen LogP contribution in [0.1, 0.15) is 39.0 Å². The van der Waals surface area contributed by atoms with Crippen LogP contribution in [-0.2, 0) is 0 Å². The minimum atomic E-state index is -0.542. The third-order valence-corrected chi connectivity index (χ3v) is 2.98. The van der Waals surface area contributed by atoms with Crippen LogP contribution in [0.15, 0.2) is 78.6 Å². The van der Waals surface area contributed by atoms with Crippen molar-refractivity contribution in [2.45, 2.75) is 19.8 Å². The first-order valence-corrected chi connectivity index (χ1v) is 7.00. The zero-order chi connectivity index (χ0) is 24.8. The average molecular weight is 314 g/mol. The van der Waals surface area contributed by atoms with Crippen LogP contribution >= 0.6 is 0 Å². The second kappa shape index (κ2) is 7.01. The molecule has 2 heteroatoms. The fourth-order valence-corrected chi connectivity index (χ4v) is 2.07. The predicted molar refractivity (Wildman–Crippen MR) is 93.6 cm³/mol. The Morgan fingerprint density at radius 3 is 1.57 bits per heavy atom. The molecule has 23 heavy (non-hydrogen) atoms. The Morgan fingerprint density at radius 1 is 0.739 bits per heavy atom. The van der Waals surface area contributed by atoms with Crippen LogP contribution in [0.5, 0.6) is 23.0 Å². The van der Waals surface area contributed by atoms with E-state index in [1.54, 1.807) is 13.8 Å². The highest BCUT2D eigenvalue weighted by Gasteiger charge is 2.15. The van der Waals surface area contributed by atoms with Crippen molar-refractivity contribution < 1.29 is 23.2 Å². The highest BCUT2D eigenvalue weighted by molar-refractivity contribution is 5.50. The van der Waals surface area contributed by atoms with Gasteiger partial charge in [-0.1, -0.05) is 56.2 Å². The lowest BCUT2D eigenvalue weighted by molar-refractivity contribution is 0.444. The maximum Gasteiger partial charge on any atom is 0.134 e.